The van der Waals surface area contributed by atoms with Crippen molar-refractivity contribution in [2.24, 2.45) is 0 Å². The van der Waals surface area contributed by atoms with E-state index < -0.39 is 8.60 Å². The quantitative estimate of drug-likeness (QED) is 0.185. The Morgan fingerprint density at radius 3 is 1.13 bits per heavy atom. The predicted molar refractivity (Wildman–Crippen MR) is 136 cm³/mol. The summed E-state index contributed by atoms with van der Waals surface area (Å²) in [7, 11) is -1.55. The van der Waals surface area contributed by atoms with Crippen LogP contribution in [0, 0.1) is 0 Å². The van der Waals surface area contributed by atoms with Crippen LogP contribution >= 0.6 is 8.60 Å². The summed E-state index contributed by atoms with van der Waals surface area (Å²) in [4.78, 5) is 8.96. The second kappa shape index (κ2) is 31.0. The molecule has 0 atom stereocenters. The fourth-order valence-corrected chi connectivity index (χ4v) is 3.28. The van der Waals surface area contributed by atoms with Crippen LogP contribution in [0.4, 0.5) is 0 Å². The van der Waals surface area contributed by atoms with Crippen molar-refractivity contribution >= 4 is 8.60 Å². The summed E-state index contributed by atoms with van der Waals surface area (Å²) in [5.74, 6) is 0. The maximum absolute atomic E-state index is 8.96. The SMILES string of the molecule is CCCCC=CCCCC.CCCCC=CCCCC.OP1OCCCCCCO1. The van der Waals surface area contributed by atoms with Gasteiger partial charge in [0.15, 0.2) is 0 Å². The standard InChI is InChI=1S/2C10H20.C6H13O3P/c2*1-3-5-7-9-10-8-6-4-2;7-10-8-5-3-1-2-4-6-9-10/h2*9-10H,3-8H2,1-2H3;7H,1-6H2. The third kappa shape index (κ3) is 32.5. The molecule has 0 aliphatic carbocycles. The zero-order valence-electron chi connectivity index (χ0n) is 20.7. The Bertz CT molecular complexity index is 293. The van der Waals surface area contributed by atoms with Crippen molar-refractivity contribution in [1.82, 2.24) is 0 Å². The van der Waals surface area contributed by atoms with Gasteiger partial charge in [0.1, 0.15) is 0 Å². The van der Waals surface area contributed by atoms with Gasteiger partial charge in [-0.3, -0.25) is 0 Å². The molecule has 1 aliphatic heterocycles. The molecule has 1 fully saturated rings. The number of hydrogen-bond acceptors (Lipinski definition) is 3. The highest BCUT2D eigenvalue weighted by atomic mass is 31.2. The summed E-state index contributed by atoms with van der Waals surface area (Å²) in [5, 5.41) is 0. The fraction of sp³-hybridized carbons (Fsp3) is 0.846. The van der Waals surface area contributed by atoms with Crippen LogP contribution in [0.25, 0.3) is 0 Å². The Kier molecular flexibility index (Phi) is 33.0. The van der Waals surface area contributed by atoms with Crippen LogP contribution < -0.4 is 0 Å². The summed E-state index contributed by atoms with van der Waals surface area (Å²) in [6.45, 7) is 10.2. The van der Waals surface area contributed by atoms with Crippen molar-refractivity contribution in [3.05, 3.63) is 24.3 Å². The van der Waals surface area contributed by atoms with E-state index in [1.54, 1.807) is 0 Å². The molecule has 0 spiro atoms. The van der Waals surface area contributed by atoms with Crippen molar-refractivity contribution in [1.29, 1.82) is 0 Å². The van der Waals surface area contributed by atoms with Gasteiger partial charge < -0.3 is 13.9 Å². The van der Waals surface area contributed by atoms with Gasteiger partial charge in [-0.1, -0.05) is 116 Å². The topological polar surface area (TPSA) is 38.7 Å². The van der Waals surface area contributed by atoms with Gasteiger partial charge in [-0.15, -0.1) is 0 Å². The third-order valence-electron chi connectivity index (χ3n) is 4.67. The Morgan fingerprint density at radius 2 is 0.867 bits per heavy atom. The minimum absolute atomic E-state index is 0.641. The van der Waals surface area contributed by atoms with E-state index in [0.717, 1.165) is 12.8 Å². The maximum Gasteiger partial charge on any atom is 0.329 e. The monoisotopic (exact) mass is 444 g/mol. The molecule has 1 heterocycles. The van der Waals surface area contributed by atoms with Crippen LogP contribution in [-0.2, 0) is 9.05 Å². The van der Waals surface area contributed by atoms with E-state index in [2.05, 4.69) is 52.0 Å². The molecule has 0 aromatic rings. The van der Waals surface area contributed by atoms with Gasteiger partial charge in [0, 0.05) is 0 Å². The summed E-state index contributed by atoms with van der Waals surface area (Å²) < 4.78 is 9.92. The number of rotatable bonds is 12. The molecule has 0 unspecified atom stereocenters. The second-order valence-corrected chi connectivity index (χ2v) is 8.82. The molecule has 1 saturated heterocycles. The molecule has 0 aromatic heterocycles. The van der Waals surface area contributed by atoms with Gasteiger partial charge in [0.05, 0.1) is 13.2 Å². The molecule has 0 saturated carbocycles. The van der Waals surface area contributed by atoms with Crippen LogP contribution in [0.1, 0.15) is 130 Å². The Balaban J connectivity index is 0. The summed E-state index contributed by atoms with van der Waals surface area (Å²) in [6, 6.07) is 0. The number of hydrogen-bond donors (Lipinski definition) is 1. The lowest BCUT2D eigenvalue weighted by atomic mass is 10.2. The molecular weight excluding hydrogens is 391 g/mol. The van der Waals surface area contributed by atoms with Crippen LogP contribution in [-0.4, -0.2) is 18.1 Å². The molecule has 1 N–H and O–H groups in total. The Labute approximate surface area is 190 Å². The molecule has 0 radical (unpaired) electrons. The highest BCUT2D eigenvalue weighted by Crippen LogP contribution is 2.33. The van der Waals surface area contributed by atoms with Gasteiger partial charge in [0.25, 0.3) is 0 Å². The van der Waals surface area contributed by atoms with Crippen LogP contribution in [0.5, 0.6) is 0 Å². The van der Waals surface area contributed by atoms with E-state index in [4.69, 9.17) is 13.9 Å². The van der Waals surface area contributed by atoms with Crippen LogP contribution in [0.2, 0.25) is 0 Å². The minimum Gasteiger partial charge on any atom is -0.328 e. The smallest absolute Gasteiger partial charge is 0.328 e. The first-order valence-corrected chi connectivity index (χ1v) is 13.9. The molecule has 180 valence electrons. The summed E-state index contributed by atoms with van der Waals surface area (Å²) in [6.07, 6.45) is 29.5. The minimum atomic E-state index is -1.55. The zero-order chi connectivity index (χ0) is 22.5. The first-order valence-electron chi connectivity index (χ1n) is 12.8. The van der Waals surface area contributed by atoms with E-state index in [1.165, 1.54) is 89.9 Å². The van der Waals surface area contributed by atoms with Crippen molar-refractivity contribution in [3.8, 4) is 0 Å². The second-order valence-electron chi connectivity index (χ2n) is 7.83. The van der Waals surface area contributed by atoms with Crippen LogP contribution in [0.15, 0.2) is 24.3 Å². The maximum atomic E-state index is 8.96. The van der Waals surface area contributed by atoms with E-state index >= 15 is 0 Å². The normalized spacial score (nSPS) is 15.6. The van der Waals surface area contributed by atoms with Gasteiger partial charge in [-0.25, -0.2) is 0 Å². The lowest BCUT2D eigenvalue weighted by Crippen LogP contribution is -1.90. The van der Waals surface area contributed by atoms with E-state index in [9.17, 15) is 0 Å². The lowest BCUT2D eigenvalue weighted by Gasteiger charge is -2.06. The molecule has 3 nitrogen and oxygen atoms in total. The summed E-state index contributed by atoms with van der Waals surface area (Å²) in [5.41, 5.74) is 0. The van der Waals surface area contributed by atoms with E-state index in [1.807, 2.05) is 0 Å². The van der Waals surface area contributed by atoms with Gasteiger partial charge in [-0.2, -0.15) is 0 Å². The largest absolute Gasteiger partial charge is 0.329 e. The molecule has 1 rings (SSSR count). The average Bonchev–Trinajstić information content (AvgIpc) is 2.88. The van der Waals surface area contributed by atoms with Crippen molar-refractivity contribution in [3.63, 3.8) is 0 Å². The highest BCUT2D eigenvalue weighted by molar-refractivity contribution is 7.40. The molecule has 0 amide bonds. The number of unbranched alkanes of at least 4 members (excludes halogenated alkanes) is 8. The van der Waals surface area contributed by atoms with Gasteiger partial charge in [0.2, 0.25) is 0 Å². The number of allylic oxidation sites excluding steroid dienone is 4. The Morgan fingerprint density at radius 1 is 0.567 bits per heavy atom. The fourth-order valence-electron chi connectivity index (χ4n) is 2.64. The predicted octanol–water partition coefficient (Wildman–Crippen LogP) is 9.66. The van der Waals surface area contributed by atoms with Crippen molar-refractivity contribution in [2.45, 2.75) is 130 Å². The highest BCUT2D eigenvalue weighted by Gasteiger charge is 2.07. The molecule has 0 aromatic carbocycles. The first kappa shape index (κ1) is 32.0. The van der Waals surface area contributed by atoms with Gasteiger partial charge in [-0.05, 0) is 38.5 Å². The molecular formula is C26H53O3P. The zero-order valence-corrected chi connectivity index (χ0v) is 21.6. The van der Waals surface area contributed by atoms with E-state index in [0.29, 0.717) is 13.2 Å². The third-order valence-corrected chi connectivity index (χ3v) is 5.48. The van der Waals surface area contributed by atoms with Crippen molar-refractivity contribution in [2.75, 3.05) is 13.2 Å². The molecule has 1 aliphatic rings. The van der Waals surface area contributed by atoms with Gasteiger partial charge >= 0.3 is 8.60 Å². The van der Waals surface area contributed by atoms with E-state index in [-0.39, 0.29) is 0 Å². The van der Waals surface area contributed by atoms with Crippen molar-refractivity contribution < 1.29 is 13.9 Å². The summed E-state index contributed by atoms with van der Waals surface area (Å²) >= 11 is 0. The average molecular weight is 445 g/mol. The molecule has 0 bridgehead atoms. The lowest BCUT2D eigenvalue weighted by molar-refractivity contribution is 0.206. The Hall–Kier alpha value is -0.210. The molecule has 30 heavy (non-hydrogen) atoms. The first-order chi connectivity index (χ1) is 14.7. The van der Waals surface area contributed by atoms with Crippen LogP contribution in [0.3, 0.4) is 0 Å². The molecule has 4 heteroatoms.